The molecule has 41 heavy (non-hydrogen) atoms. The van der Waals surface area contributed by atoms with Gasteiger partial charge in [-0.3, -0.25) is 9.59 Å². The fraction of sp³-hybridized carbons (Fsp3) is 0.448. The summed E-state index contributed by atoms with van der Waals surface area (Å²) >= 11 is 0. The zero-order valence-corrected chi connectivity index (χ0v) is 23.0. The molecule has 3 rings (SSSR count). The van der Waals surface area contributed by atoms with Crippen molar-refractivity contribution in [1.29, 1.82) is 0 Å². The van der Waals surface area contributed by atoms with Crippen LogP contribution >= 0.6 is 0 Å². The van der Waals surface area contributed by atoms with Crippen LogP contribution in [0.2, 0.25) is 0 Å². The summed E-state index contributed by atoms with van der Waals surface area (Å²) in [6.07, 6.45) is -1.54. The van der Waals surface area contributed by atoms with Gasteiger partial charge >= 0.3 is 6.18 Å². The number of rotatable bonds is 17. The zero-order chi connectivity index (χ0) is 29.7. The Morgan fingerprint density at radius 3 is 2.34 bits per heavy atom. The molecular weight excluding hydrogens is 543 g/mol. The number of nitrogens with two attached hydrogens (primary N) is 1. The predicted molar refractivity (Wildman–Crippen MR) is 148 cm³/mol. The number of hydrogen-bond acceptors (Lipinski definition) is 7. The topological polar surface area (TPSA) is 121 Å². The number of carbonyl (C=O) groups is 2. The number of benzene rings is 2. The average Bonchev–Trinajstić information content (AvgIpc) is 3.24. The Labute approximate surface area is 237 Å². The van der Waals surface area contributed by atoms with E-state index in [9.17, 15) is 22.8 Å². The molecule has 1 aliphatic heterocycles. The van der Waals surface area contributed by atoms with Crippen molar-refractivity contribution < 1.29 is 41.7 Å². The Morgan fingerprint density at radius 1 is 0.976 bits per heavy atom. The molecule has 1 aliphatic rings. The first-order valence-electron chi connectivity index (χ1n) is 13.4. The Morgan fingerprint density at radius 2 is 1.66 bits per heavy atom. The Kier molecular flexibility index (Phi) is 12.6. The van der Waals surface area contributed by atoms with Crippen LogP contribution in [-0.2, 0) is 30.0 Å². The highest BCUT2D eigenvalue weighted by Gasteiger charge is 2.33. The minimum atomic E-state index is -4.52. The maximum Gasteiger partial charge on any atom is 0.416 e. The molecule has 0 aromatic heterocycles. The van der Waals surface area contributed by atoms with Gasteiger partial charge in [0.25, 0.3) is 11.8 Å². The number of ether oxygens (including phenoxy) is 4. The lowest BCUT2D eigenvalue weighted by Gasteiger charge is -2.11. The summed E-state index contributed by atoms with van der Waals surface area (Å²) in [5.74, 6) is -0.490. The summed E-state index contributed by atoms with van der Waals surface area (Å²) in [6, 6.07) is 8.36. The summed E-state index contributed by atoms with van der Waals surface area (Å²) < 4.78 is 61.1. The van der Waals surface area contributed by atoms with E-state index in [1.54, 1.807) is 24.3 Å². The Hall–Kier alpha value is -3.45. The molecule has 0 aliphatic carbocycles. The van der Waals surface area contributed by atoms with Gasteiger partial charge < -0.3 is 35.3 Å². The molecule has 0 fully saturated rings. The van der Waals surface area contributed by atoms with Crippen molar-refractivity contribution in [2.75, 3.05) is 64.7 Å². The van der Waals surface area contributed by atoms with Gasteiger partial charge in [0.2, 0.25) is 0 Å². The van der Waals surface area contributed by atoms with Gasteiger partial charge in [-0.25, -0.2) is 0 Å². The minimum absolute atomic E-state index is 0.0886. The van der Waals surface area contributed by atoms with Crippen LogP contribution in [0, 0.1) is 6.92 Å². The lowest BCUT2D eigenvalue weighted by molar-refractivity contribution is -0.137. The van der Waals surface area contributed by atoms with Crippen molar-refractivity contribution in [1.82, 2.24) is 5.32 Å². The van der Waals surface area contributed by atoms with Crippen molar-refractivity contribution in [3.05, 3.63) is 58.7 Å². The summed E-state index contributed by atoms with van der Waals surface area (Å²) in [5.41, 5.74) is 6.58. The van der Waals surface area contributed by atoms with Gasteiger partial charge in [-0.05, 0) is 56.7 Å². The van der Waals surface area contributed by atoms with Crippen LogP contribution in [0.3, 0.4) is 0 Å². The molecule has 4 N–H and O–H groups in total. The van der Waals surface area contributed by atoms with E-state index in [4.69, 9.17) is 24.7 Å². The van der Waals surface area contributed by atoms with Crippen LogP contribution in [0.5, 0.6) is 5.75 Å². The van der Waals surface area contributed by atoms with Gasteiger partial charge in [-0.1, -0.05) is 17.7 Å². The monoisotopic (exact) mass is 579 g/mol. The number of alkyl halides is 3. The minimum Gasteiger partial charge on any atom is -0.483 e. The first kappa shape index (κ1) is 32.1. The van der Waals surface area contributed by atoms with Crippen molar-refractivity contribution in [3.63, 3.8) is 0 Å². The number of anilines is 1. The molecule has 0 spiro atoms. The van der Waals surface area contributed by atoms with E-state index in [0.29, 0.717) is 76.0 Å². The smallest absolute Gasteiger partial charge is 0.416 e. The Bertz CT molecular complexity index is 1200. The maximum absolute atomic E-state index is 13.1. The molecule has 0 bridgehead atoms. The van der Waals surface area contributed by atoms with E-state index in [-0.39, 0.29) is 23.8 Å². The number of carbonyl (C=O) groups excluding carboxylic acids is 2. The number of fused-ring (bicyclic) bond motifs is 1. The number of amides is 2. The van der Waals surface area contributed by atoms with Crippen LogP contribution in [0.15, 0.2) is 36.4 Å². The third kappa shape index (κ3) is 10.5. The van der Waals surface area contributed by atoms with Crippen LogP contribution in [0.25, 0.3) is 11.6 Å². The molecular formula is C29H36F3N3O6. The average molecular weight is 580 g/mol. The molecule has 0 radical (unpaired) electrons. The van der Waals surface area contributed by atoms with E-state index >= 15 is 0 Å². The van der Waals surface area contributed by atoms with Crippen LogP contribution in [-0.4, -0.2) is 71.2 Å². The van der Waals surface area contributed by atoms with E-state index < -0.39 is 17.6 Å². The van der Waals surface area contributed by atoms with Gasteiger partial charge in [0.1, 0.15) is 5.75 Å². The molecule has 0 saturated heterocycles. The normalized spacial score (nSPS) is 13.8. The first-order valence-corrected chi connectivity index (χ1v) is 13.4. The molecule has 2 amide bonds. The second-order valence-corrected chi connectivity index (χ2v) is 9.28. The highest BCUT2D eigenvalue weighted by molar-refractivity contribution is 6.35. The molecule has 0 atom stereocenters. The van der Waals surface area contributed by atoms with Gasteiger partial charge in [0.15, 0.2) is 6.61 Å². The van der Waals surface area contributed by atoms with E-state index in [2.05, 4.69) is 10.6 Å². The van der Waals surface area contributed by atoms with Gasteiger partial charge in [-0.2, -0.15) is 13.2 Å². The second-order valence-electron chi connectivity index (χ2n) is 9.28. The van der Waals surface area contributed by atoms with Crippen molar-refractivity contribution in [2.45, 2.75) is 25.9 Å². The van der Waals surface area contributed by atoms with Crippen LogP contribution < -0.4 is 21.1 Å². The van der Waals surface area contributed by atoms with E-state index in [0.717, 1.165) is 24.1 Å². The lowest BCUT2D eigenvalue weighted by Crippen LogP contribution is -2.30. The SMILES string of the molecule is Cc1ccc(OCC(=O)NCCCOCCOCCOCCCN)c(/C=C2\C(=O)Nc3cc(C(F)(F)F)ccc32)c1. The number of halogens is 3. The van der Waals surface area contributed by atoms with E-state index in [1.807, 2.05) is 6.92 Å². The largest absolute Gasteiger partial charge is 0.483 e. The highest BCUT2D eigenvalue weighted by Crippen LogP contribution is 2.39. The van der Waals surface area contributed by atoms with Crippen molar-refractivity contribution >= 4 is 29.2 Å². The quantitative estimate of drug-likeness (QED) is 0.193. The fourth-order valence-electron chi connectivity index (χ4n) is 3.91. The summed E-state index contributed by atoms with van der Waals surface area (Å²) in [5, 5.41) is 5.24. The molecule has 9 nitrogen and oxygen atoms in total. The first-order chi connectivity index (χ1) is 19.7. The maximum atomic E-state index is 13.1. The Balaban J connectivity index is 1.43. The van der Waals surface area contributed by atoms with Gasteiger partial charge in [0, 0.05) is 42.1 Å². The van der Waals surface area contributed by atoms with Crippen LogP contribution in [0.1, 0.15) is 35.1 Å². The predicted octanol–water partition coefficient (Wildman–Crippen LogP) is 3.79. The van der Waals surface area contributed by atoms with E-state index in [1.165, 1.54) is 6.07 Å². The van der Waals surface area contributed by atoms with Gasteiger partial charge in [0.05, 0.1) is 32.0 Å². The van der Waals surface area contributed by atoms with Crippen molar-refractivity contribution in [3.8, 4) is 5.75 Å². The molecule has 0 unspecified atom stereocenters. The molecule has 0 saturated carbocycles. The molecule has 12 heteroatoms. The lowest BCUT2D eigenvalue weighted by atomic mass is 10.0. The molecule has 2 aromatic rings. The third-order valence-electron chi connectivity index (χ3n) is 5.98. The van der Waals surface area contributed by atoms with Crippen molar-refractivity contribution in [2.24, 2.45) is 5.73 Å². The number of aryl methyl sites for hydroxylation is 1. The second kappa shape index (κ2) is 16.1. The standard InChI is InChI=1S/C29H36F3N3O6/c1-20-4-7-26(41-19-27(36)34-9-3-11-39-13-15-40-14-12-38-10-2-8-33)21(16-20)17-24-23-6-5-22(29(30,31)32)18-25(23)35-28(24)37/h4-7,16-18H,2-3,8-15,19,33H2,1H3,(H,34,36)(H,35,37)/b24-17-. The highest BCUT2D eigenvalue weighted by atomic mass is 19.4. The number of nitrogens with one attached hydrogen (secondary N) is 2. The zero-order valence-electron chi connectivity index (χ0n) is 23.0. The fourth-order valence-corrected chi connectivity index (χ4v) is 3.91. The molecule has 1 heterocycles. The molecule has 2 aromatic carbocycles. The van der Waals surface area contributed by atoms with Gasteiger partial charge in [-0.15, -0.1) is 0 Å². The number of hydrogen-bond donors (Lipinski definition) is 3. The molecule has 224 valence electrons. The summed E-state index contributed by atoms with van der Waals surface area (Å²) in [6.45, 7) is 5.60. The summed E-state index contributed by atoms with van der Waals surface area (Å²) in [7, 11) is 0. The third-order valence-corrected chi connectivity index (χ3v) is 5.98. The van der Waals surface area contributed by atoms with Crippen LogP contribution in [0.4, 0.5) is 18.9 Å². The summed E-state index contributed by atoms with van der Waals surface area (Å²) in [4.78, 5) is 24.9.